The van der Waals surface area contributed by atoms with Crippen LogP contribution in [0, 0.1) is 0 Å². The maximum Gasteiger partial charge on any atom is 0.243 e. The lowest BCUT2D eigenvalue weighted by Gasteiger charge is -2.25. The number of carbonyl (C=O) groups excluding carboxylic acids is 1. The van der Waals surface area contributed by atoms with Gasteiger partial charge in [-0.25, -0.2) is 0 Å². The van der Waals surface area contributed by atoms with Gasteiger partial charge in [0.05, 0.1) is 0 Å². The molecule has 0 heterocycles. The van der Waals surface area contributed by atoms with Crippen LogP contribution < -0.4 is 4.98 Å². The Morgan fingerprint density at radius 2 is 1.89 bits per heavy atom. The van der Waals surface area contributed by atoms with Crippen molar-refractivity contribution in [1.29, 1.82) is 0 Å². The van der Waals surface area contributed by atoms with E-state index in [0.717, 1.165) is 12.0 Å². The smallest absolute Gasteiger partial charge is 0.243 e. The third-order valence-electron chi connectivity index (χ3n) is 3.31. The second kappa shape index (κ2) is 4.94. The summed E-state index contributed by atoms with van der Waals surface area (Å²) in [6, 6.07) is 9.42. The van der Waals surface area contributed by atoms with Crippen molar-refractivity contribution >= 4 is 14.1 Å². The van der Waals surface area contributed by atoms with Crippen molar-refractivity contribution in [1.82, 2.24) is 4.98 Å². The van der Waals surface area contributed by atoms with Crippen LogP contribution in [0.4, 0.5) is 0 Å². The van der Waals surface area contributed by atoms with Crippen molar-refractivity contribution in [2.75, 3.05) is 0 Å². The molecule has 0 unspecified atom stereocenters. The molecule has 94 valence electrons. The molecule has 0 saturated heterocycles. The topological polar surface area (TPSA) is 29.1 Å². The first kappa shape index (κ1) is 12.8. The summed E-state index contributed by atoms with van der Waals surface area (Å²) in [5, 5.41) is 1.39. The minimum Gasteiger partial charge on any atom is -0.374 e. The summed E-state index contributed by atoms with van der Waals surface area (Å²) >= 11 is 0. The molecular weight excluding hydrogens is 238 g/mol. The Hall–Kier alpha value is -1.61. The highest BCUT2D eigenvalue weighted by molar-refractivity contribution is 6.84. The Bertz CT molecular complexity index is 515. The summed E-state index contributed by atoms with van der Waals surface area (Å²) in [7, 11) is -1.85. The van der Waals surface area contributed by atoms with Crippen molar-refractivity contribution in [2.45, 2.75) is 26.4 Å². The largest absolute Gasteiger partial charge is 0.374 e. The Kier molecular flexibility index (Phi) is 3.52. The van der Waals surface area contributed by atoms with Gasteiger partial charge in [-0.3, -0.25) is 4.79 Å². The molecule has 0 spiro atoms. The van der Waals surface area contributed by atoms with Crippen molar-refractivity contribution in [2.24, 2.45) is 0 Å². The van der Waals surface area contributed by atoms with E-state index in [0.29, 0.717) is 0 Å². The minimum atomic E-state index is -1.85. The molecule has 1 aromatic rings. The fourth-order valence-corrected chi connectivity index (χ4v) is 4.20. The number of rotatable bonds is 3. The van der Waals surface area contributed by atoms with Gasteiger partial charge in [-0.05, 0) is 38.6 Å². The van der Waals surface area contributed by atoms with Gasteiger partial charge in [-0.2, -0.15) is 0 Å². The van der Waals surface area contributed by atoms with Crippen molar-refractivity contribution in [3.63, 3.8) is 0 Å². The zero-order chi connectivity index (χ0) is 13.2. The van der Waals surface area contributed by atoms with Gasteiger partial charge in [0, 0.05) is 5.56 Å². The van der Waals surface area contributed by atoms with Gasteiger partial charge in [0.25, 0.3) is 0 Å². The molecule has 0 saturated carbocycles. The van der Waals surface area contributed by atoms with Gasteiger partial charge in [0.15, 0.2) is 8.24 Å². The fourth-order valence-electron chi connectivity index (χ4n) is 2.12. The van der Waals surface area contributed by atoms with Crippen LogP contribution in [0.15, 0.2) is 53.3 Å². The van der Waals surface area contributed by atoms with Gasteiger partial charge in [-0.1, -0.05) is 41.1 Å². The molecule has 3 heteroatoms. The first-order chi connectivity index (χ1) is 8.49. The van der Waals surface area contributed by atoms with Crippen LogP contribution in [0.1, 0.15) is 23.7 Å². The maximum absolute atomic E-state index is 12.2. The van der Waals surface area contributed by atoms with E-state index in [1.54, 1.807) is 0 Å². The molecule has 1 aliphatic rings. The molecule has 1 aromatic carbocycles. The van der Waals surface area contributed by atoms with Crippen LogP contribution in [-0.2, 0) is 0 Å². The Labute approximate surface area is 110 Å². The molecule has 2 rings (SSSR count). The molecule has 18 heavy (non-hydrogen) atoms. The summed E-state index contributed by atoms with van der Waals surface area (Å²) in [5.41, 5.74) is 2.04. The minimum absolute atomic E-state index is 0.0396. The molecule has 0 aliphatic heterocycles. The highest BCUT2D eigenvalue weighted by Gasteiger charge is 2.29. The maximum atomic E-state index is 12.2. The van der Waals surface area contributed by atoms with E-state index in [9.17, 15) is 4.79 Å². The lowest BCUT2D eigenvalue weighted by Crippen LogP contribution is -2.49. The van der Waals surface area contributed by atoms with E-state index >= 15 is 0 Å². The van der Waals surface area contributed by atoms with Crippen LogP contribution in [0.3, 0.4) is 0 Å². The van der Waals surface area contributed by atoms with Crippen molar-refractivity contribution < 1.29 is 4.79 Å². The molecule has 0 fully saturated rings. The number of carbonyl (C=O) groups is 1. The molecule has 0 atom stereocenters. The molecular formula is C15H19NOSi. The van der Waals surface area contributed by atoms with E-state index < -0.39 is 8.24 Å². The summed E-state index contributed by atoms with van der Waals surface area (Å²) in [6.45, 7) is 6.48. The van der Waals surface area contributed by atoms with Crippen LogP contribution in [0.25, 0.3) is 0 Å². The number of allylic oxidation sites excluding steroid dienone is 4. The number of amides is 1. The van der Waals surface area contributed by atoms with E-state index in [-0.39, 0.29) is 5.91 Å². The lowest BCUT2D eigenvalue weighted by atomic mass is 10.2. The number of nitrogens with one attached hydrogen (secondary N) is 1. The fraction of sp³-hybridized carbons (Fsp3) is 0.267. The van der Waals surface area contributed by atoms with Gasteiger partial charge in [-0.15, -0.1) is 0 Å². The summed E-state index contributed by atoms with van der Waals surface area (Å²) in [6.07, 6.45) is 5.43. The predicted molar refractivity (Wildman–Crippen MR) is 77.8 cm³/mol. The monoisotopic (exact) mass is 257 g/mol. The average molecular weight is 257 g/mol. The first-order valence-electron chi connectivity index (χ1n) is 6.24. The molecule has 0 aromatic heterocycles. The van der Waals surface area contributed by atoms with Crippen LogP contribution in [0.2, 0.25) is 13.1 Å². The zero-order valence-corrected chi connectivity index (χ0v) is 12.2. The van der Waals surface area contributed by atoms with E-state index in [1.165, 1.54) is 10.8 Å². The third kappa shape index (κ3) is 2.79. The molecule has 2 nitrogen and oxygen atoms in total. The van der Waals surface area contributed by atoms with Crippen LogP contribution in [-0.4, -0.2) is 14.1 Å². The standard InChI is InChI=1S/C15H19NOSi/c1-12-9-10-14(11-12)18(2,3)16-15(17)13-7-5-4-6-8-13/h4-9,11H,10H2,1-3H3,(H,16,17). The Morgan fingerprint density at radius 3 is 2.44 bits per heavy atom. The van der Waals surface area contributed by atoms with Crippen molar-refractivity contribution in [3.8, 4) is 0 Å². The van der Waals surface area contributed by atoms with Crippen molar-refractivity contribution in [3.05, 3.63) is 58.8 Å². The van der Waals surface area contributed by atoms with Crippen LogP contribution in [0.5, 0.6) is 0 Å². The summed E-state index contributed by atoms with van der Waals surface area (Å²) in [5.74, 6) is 0.0396. The third-order valence-corrected chi connectivity index (χ3v) is 6.12. The highest BCUT2D eigenvalue weighted by atomic mass is 28.3. The van der Waals surface area contributed by atoms with Gasteiger partial charge >= 0.3 is 0 Å². The number of benzene rings is 1. The second-order valence-electron chi connectivity index (χ2n) is 5.27. The lowest BCUT2D eigenvalue weighted by molar-refractivity contribution is 0.0978. The second-order valence-corrected chi connectivity index (χ2v) is 9.41. The predicted octanol–water partition coefficient (Wildman–Crippen LogP) is 3.44. The molecule has 1 N–H and O–H groups in total. The quantitative estimate of drug-likeness (QED) is 0.826. The summed E-state index contributed by atoms with van der Waals surface area (Å²) < 4.78 is 0. The van der Waals surface area contributed by atoms with Gasteiger partial charge in [0.1, 0.15) is 0 Å². The number of hydrogen-bond acceptors (Lipinski definition) is 1. The normalized spacial score (nSPS) is 15.1. The van der Waals surface area contributed by atoms with Gasteiger partial charge < -0.3 is 4.98 Å². The highest BCUT2D eigenvalue weighted by Crippen LogP contribution is 2.24. The Balaban J connectivity index is 2.10. The first-order valence-corrected chi connectivity index (χ1v) is 9.24. The molecule has 0 radical (unpaired) electrons. The van der Waals surface area contributed by atoms with Crippen LogP contribution >= 0.6 is 0 Å². The molecule has 1 amide bonds. The van der Waals surface area contributed by atoms with E-state index in [1.807, 2.05) is 30.3 Å². The Morgan fingerprint density at radius 1 is 1.22 bits per heavy atom. The SMILES string of the molecule is CC1=CCC([Si](C)(C)NC(=O)c2ccccc2)=C1. The van der Waals surface area contributed by atoms with E-state index in [4.69, 9.17) is 0 Å². The average Bonchev–Trinajstić information content (AvgIpc) is 2.77. The van der Waals surface area contributed by atoms with Gasteiger partial charge in [0.2, 0.25) is 5.91 Å². The molecule has 1 aliphatic carbocycles. The molecule has 0 bridgehead atoms. The zero-order valence-electron chi connectivity index (χ0n) is 11.2. The van der Waals surface area contributed by atoms with E-state index in [2.05, 4.69) is 37.2 Å². The summed E-state index contributed by atoms with van der Waals surface area (Å²) in [4.78, 5) is 15.4. The number of hydrogen-bond donors (Lipinski definition) is 1.